The molecule has 2 amide bonds. The summed E-state index contributed by atoms with van der Waals surface area (Å²) in [5.74, 6) is -3.24. The minimum atomic E-state index is -0.925. The molecule has 0 bridgehead atoms. The molecule has 1 aliphatic rings. The van der Waals surface area contributed by atoms with E-state index < -0.39 is 35.5 Å². The second-order valence-electron chi connectivity index (χ2n) is 5.82. The number of carbonyl (C=O) groups excluding carboxylic acids is 2. The molecule has 4 N–H and O–H groups in total. The third-order valence-electron chi connectivity index (χ3n) is 3.51. The summed E-state index contributed by atoms with van der Waals surface area (Å²) in [6.45, 7) is 3.97. The van der Waals surface area contributed by atoms with E-state index in [0.717, 1.165) is 12.1 Å². The Morgan fingerprint density at radius 2 is 1.91 bits per heavy atom. The van der Waals surface area contributed by atoms with Crippen molar-refractivity contribution < 1.29 is 18.4 Å². The van der Waals surface area contributed by atoms with Crippen LogP contribution in [-0.2, 0) is 4.79 Å². The van der Waals surface area contributed by atoms with Gasteiger partial charge in [-0.15, -0.1) is 0 Å². The molecule has 0 aliphatic carbocycles. The van der Waals surface area contributed by atoms with Crippen LogP contribution in [0.4, 0.5) is 8.78 Å². The largest absolute Gasteiger partial charge is 0.370 e. The summed E-state index contributed by atoms with van der Waals surface area (Å²) in [5.41, 5.74) is 9.86. The van der Waals surface area contributed by atoms with Crippen LogP contribution in [0.3, 0.4) is 0 Å². The maximum atomic E-state index is 14.2. The van der Waals surface area contributed by atoms with Gasteiger partial charge in [0.05, 0.1) is 18.0 Å². The molecule has 0 radical (unpaired) electrons. The van der Waals surface area contributed by atoms with E-state index in [2.05, 4.69) is 4.99 Å². The van der Waals surface area contributed by atoms with Gasteiger partial charge in [-0.25, -0.2) is 8.78 Å². The summed E-state index contributed by atoms with van der Waals surface area (Å²) < 4.78 is 28.2. The van der Waals surface area contributed by atoms with Crippen molar-refractivity contribution in [1.29, 1.82) is 0 Å². The number of benzene rings is 1. The van der Waals surface area contributed by atoms with E-state index >= 15 is 0 Å². The number of hydrogen-bond donors (Lipinski definition) is 2. The molecule has 1 unspecified atom stereocenters. The standard InChI is InChI=1S/C15H18F2N4O2/c1-7(2)6-21-10(5-11(22)20-15(18)19)12-8(16)3-4-9(17)13(12)14(21)23/h3-4,7,10H,5-6H2,1-2H3,(H4,18,19,20,22). The molecule has 0 aromatic heterocycles. The third kappa shape index (κ3) is 3.30. The molecular formula is C15H18F2N4O2. The summed E-state index contributed by atoms with van der Waals surface area (Å²) >= 11 is 0. The molecule has 124 valence electrons. The predicted molar refractivity (Wildman–Crippen MR) is 80.4 cm³/mol. The fraction of sp³-hybridized carbons (Fsp3) is 0.400. The lowest BCUT2D eigenvalue weighted by Crippen LogP contribution is -2.33. The highest BCUT2D eigenvalue weighted by Crippen LogP contribution is 2.39. The van der Waals surface area contributed by atoms with E-state index in [1.807, 2.05) is 13.8 Å². The SMILES string of the molecule is CC(C)CN1C(=O)c2c(F)ccc(F)c2C1CC(=O)N=C(N)N. The zero-order valence-corrected chi connectivity index (χ0v) is 12.8. The Hall–Kier alpha value is -2.51. The second kappa shape index (κ2) is 6.31. The van der Waals surface area contributed by atoms with Crippen LogP contribution >= 0.6 is 0 Å². The van der Waals surface area contributed by atoms with Gasteiger partial charge in [0, 0.05) is 12.1 Å². The molecule has 1 atom stereocenters. The molecule has 23 heavy (non-hydrogen) atoms. The first-order valence-electron chi connectivity index (χ1n) is 7.13. The smallest absolute Gasteiger partial charge is 0.257 e. The minimum Gasteiger partial charge on any atom is -0.370 e. The lowest BCUT2D eigenvalue weighted by Gasteiger charge is -2.26. The first kappa shape index (κ1) is 16.9. The molecule has 6 nitrogen and oxygen atoms in total. The average Bonchev–Trinajstić information content (AvgIpc) is 2.68. The van der Waals surface area contributed by atoms with E-state index in [-0.39, 0.29) is 30.0 Å². The molecule has 8 heteroatoms. The highest BCUT2D eigenvalue weighted by atomic mass is 19.1. The van der Waals surface area contributed by atoms with Crippen molar-refractivity contribution in [3.8, 4) is 0 Å². The normalized spacial score (nSPS) is 16.7. The Balaban J connectivity index is 2.48. The van der Waals surface area contributed by atoms with Crippen LogP contribution in [0.15, 0.2) is 17.1 Å². The Morgan fingerprint density at radius 1 is 1.30 bits per heavy atom. The molecule has 0 saturated carbocycles. The van der Waals surface area contributed by atoms with E-state index in [9.17, 15) is 18.4 Å². The number of amides is 2. The van der Waals surface area contributed by atoms with Gasteiger partial charge in [0.25, 0.3) is 11.8 Å². The van der Waals surface area contributed by atoms with Gasteiger partial charge in [0.1, 0.15) is 11.6 Å². The molecule has 0 saturated heterocycles. The van der Waals surface area contributed by atoms with Crippen molar-refractivity contribution in [2.45, 2.75) is 26.3 Å². The van der Waals surface area contributed by atoms with Crippen molar-refractivity contribution in [2.75, 3.05) is 6.54 Å². The minimum absolute atomic E-state index is 0.0556. The number of halogens is 2. The molecule has 0 spiro atoms. The highest BCUT2D eigenvalue weighted by molar-refractivity contribution is 6.00. The van der Waals surface area contributed by atoms with E-state index in [1.165, 1.54) is 4.90 Å². The lowest BCUT2D eigenvalue weighted by molar-refractivity contribution is -0.118. The molecule has 2 rings (SSSR count). The van der Waals surface area contributed by atoms with Gasteiger partial charge in [-0.3, -0.25) is 9.59 Å². The lowest BCUT2D eigenvalue weighted by atomic mass is 10.0. The number of aliphatic imine (C=N–C) groups is 1. The van der Waals surface area contributed by atoms with Crippen LogP contribution < -0.4 is 11.5 Å². The number of guanidine groups is 1. The maximum absolute atomic E-state index is 14.2. The summed E-state index contributed by atoms with van der Waals surface area (Å²) in [6, 6.07) is 0.921. The second-order valence-corrected chi connectivity index (χ2v) is 5.82. The summed E-state index contributed by atoms with van der Waals surface area (Å²) in [6.07, 6.45) is -0.316. The van der Waals surface area contributed by atoms with Crippen LogP contribution in [-0.4, -0.2) is 29.2 Å². The van der Waals surface area contributed by atoms with E-state index in [0.29, 0.717) is 0 Å². The van der Waals surface area contributed by atoms with Crippen molar-refractivity contribution in [2.24, 2.45) is 22.4 Å². The first-order chi connectivity index (χ1) is 10.7. The van der Waals surface area contributed by atoms with Crippen LogP contribution in [0.25, 0.3) is 0 Å². The fourth-order valence-corrected chi connectivity index (χ4v) is 2.72. The van der Waals surface area contributed by atoms with Crippen molar-refractivity contribution in [3.63, 3.8) is 0 Å². The molecule has 1 heterocycles. The van der Waals surface area contributed by atoms with Crippen LogP contribution in [0.1, 0.15) is 42.2 Å². The maximum Gasteiger partial charge on any atom is 0.257 e. The van der Waals surface area contributed by atoms with Crippen LogP contribution in [0.5, 0.6) is 0 Å². The van der Waals surface area contributed by atoms with Gasteiger partial charge in [-0.05, 0) is 18.1 Å². The van der Waals surface area contributed by atoms with Gasteiger partial charge in [0.2, 0.25) is 0 Å². The monoisotopic (exact) mass is 324 g/mol. The molecular weight excluding hydrogens is 306 g/mol. The number of hydrogen-bond acceptors (Lipinski definition) is 2. The molecule has 1 aromatic rings. The first-order valence-corrected chi connectivity index (χ1v) is 7.13. The molecule has 0 fully saturated rings. The van der Waals surface area contributed by atoms with Gasteiger partial charge in [-0.1, -0.05) is 13.8 Å². The number of nitrogens with two attached hydrogens (primary N) is 2. The van der Waals surface area contributed by atoms with Gasteiger partial charge in [-0.2, -0.15) is 4.99 Å². The number of carbonyl (C=O) groups is 2. The summed E-state index contributed by atoms with van der Waals surface area (Å²) in [5, 5.41) is 0. The fourth-order valence-electron chi connectivity index (χ4n) is 2.72. The van der Waals surface area contributed by atoms with Gasteiger partial charge >= 0.3 is 0 Å². The average molecular weight is 324 g/mol. The summed E-state index contributed by atoms with van der Waals surface area (Å²) in [7, 11) is 0. The van der Waals surface area contributed by atoms with Gasteiger partial charge in [0.15, 0.2) is 5.96 Å². The molecule has 1 aromatic carbocycles. The van der Waals surface area contributed by atoms with Crippen molar-refractivity contribution in [1.82, 2.24) is 4.90 Å². The topological polar surface area (TPSA) is 102 Å². The Morgan fingerprint density at radius 3 is 2.48 bits per heavy atom. The Kier molecular flexibility index (Phi) is 4.63. The Bertz CT molecular complexity index is 684. The van der Waals surface area contributed by atoms with E-state index in [1.54, 1.807) is 0 Å². The van der Waals surface area contributed by atoms with Crippen molar-refractivity contribution >= 4 is 17.8 Å². The molecule has 1 aliphatic heterocycles. The predicted octanol–water partition coefficient (Wildman–Crippen LogP) is 1.31. The number of rotatable bonds is 4. The highest BCUT2D eigenvalue weighted by Gasteiger charge is 2.42. The van der Waals surface area contributed by atoms with E-state index in [4.69, 9.17) is 11.5 Å². The number of fused-ring (bicyclic) bond motifs is 1. The zero-order chi connectivity index (χ0) is 17.3. The van der Waals surface area contributed by atoms with Crippen molar-refractivity contribution in [3.05, 3.63) is 34.9 Å². The number of nitrogens with zero attached hydrogens (tertiary/aromatic N) is 2. The zero-order valence-electron chi connectivity index (χ0n) is 12.8. The third-order valence-corrected chi connectivity index (χ3v) is 3.51. The quantitative estimate of drug-likeness (QED) is 0.644. The van der Waals surface area contributed by atoms with Crippen LogP contribution in [0, 0.1) is 17.6 Å². The summed E-state index contributed by atoms with van der Waals surface area (Å²) in [4.78, 5) is 29.0. The van der Waals surface area contributed by atoms with Gasteiger partial charge < -0.3 is 16.4 Å². The van der Waals surface area contributed by atoms with Crippen LogP contribution in [0.2, 0.25) is 0 Å². The Labute approximate surface area is 132 Å².